The minimum atomic E-state index is -0.838. The van der Waals surface area contributed by atoms with Crippen LogP contribution in [0.15, 0.2) is 18.2 Å². The first-order valence-electron chi connectivity index (χ1n) is 5.79. The smallest absolute Gasteiger partial charge is 0.272 e. The van der Waals surface area contributed by atoms with Crippen LogP contribution in [0.1, 0.15) is 12.0 Å². The third-order valence-corrected chi connectivity index (χ3v) is 3.10. The maximum Gasteiger partial charge on any atom is 0.272 e. The molecule has 1 aromatic rings. The second kappa shape index (κ2) is 4.91. The molecule has 98 valence electrons. The molecule has 2 N–H and O–H groups in total. The van der Waals surface area contributed by atoms with Gasteiger partial charge < -0.3 is 15.2 Å². The molecule has 0 aliphatic carbocycles. The number of aliphatic hydroxyl groups is 1. The maximum absolute atomic E-state index is 10.7. The molecule has 1 fully saturated rings. The average molecular weight is 252 g/mol. The highest BCUT2D eigenvalue weighted by Crippen LogP contribution is 2.23. The summed E-state index contributed by atoms with van der Waals surface area (Å²) in [5.74, 6) is 0. The fourth-order valence-corrected chi connectivity index (χ4v) is 1.97. The van der Waals surface area contributed by atoms with Crippen LogP contribution in [0, 0.1) is 17.0 Å². The van der Waals surface area contributed by atoms with Crippen molar-refractivity contribution >= 4 is 11.4 Å². The quantitative estimate of drug-likeness (QED) is 0.626. The SMILES string of the molecule is Cc1cc(NCC2(O)CCOC2)ccc1[N+](=O)[O-]. The highest BCUT2D eigenvalue weighted by atomic mass is 16.6. The number of benzene rings is 1. The monoisotopic (exact) mass is 252 g/mol. The van der Waals surface area contributed by atoms with Crippen molar-refractivity contribution in [3.8, 4) is 0 Å². The van der Waals surface area contributed by atoms with Crippen molar-refractivity contribution in [3.63, 3.8) is 0 Å². The molecule has 0 amide bonds. The number of nitro benzene ring substituents is 1. The van der Waals surface area contributed by atoms with Crippen LogP contribution in [-0.2, 0) is 4.74 Å². The lowest BCUT2D eigenvalue weighted by Gasteiger charge is -2.21. The number of hydrogen-bond donors (Lipinski definition) is 2. The third kappa shape index (κ3) is 2.77. The van der Waals surface area contributed by atoms with Crippen molar-refractivity contribution in [1.82, 2.24) is 0 Å². The Balaban J connectivity index is 2.02. The number of anilines is 1. The van der Waals surface area contributed by atoms with Crippen LogP contribution < -0.4 is 5.32 Å². The van der Waals surface area contributed by atoms with E-state index in [9.17, 15) is 15.2 Å². The Morgan fingerprint density at radius 1 is 1.61 bits per heavy atom. The molecule has 2 rings (SSSR count). The van der Waals surface area contributed by atoms with Crippen LogP contribution in [-0.4, -0.2) is 35.4 Å². The van der Waals surface area contributed by atoms with E-state index in [0.717, 1.165) is 5.69 Å². The summed E-state index contributed by atoms with van der Waals surface area (Å²) in [6, 6.07) is 4.81. The van der Waals surface area contributed by atoms with Crippen molar-refractivity contribution in [1.29, 1.82) is 0 Å². The fraction of sp³-hybridized carbons (Fsp3) is 0.500. The summed E-state index contributed by atoms with van der Waals surface area (Å²) in [5.41, 5.74) is 0.622. The van der Waals surface area contributed by atoms with Crippen LogP contribution in [0.5, 0.6) is 0 Å². The van der Waals surface area contributed by atoms with Gasteiger partial charge in [-0.3, -0.25) is 10.1 Å². The first-order valence-corrected chi connectivity index (χ1v) is 5.79. The van der Waals surface area contributed by atoms with Gasteiger partial charge in [0.15, 0.2) is 0 Å². The normalized spacial score (nSPS) is 23.0. The van der Waals surface area contributed by atoms with Crippen LogP contribution >= 0.6 is 0 Å². The van der Waals surface area contributed by atoms with Crippen molar-refractivity contribution in [2.24, 2.45) is 0 Å². The zero-order valence-electron chi connectivity index (χ0n) is 10.2. The lowest BCUT2D eigenvalue weighted by Crippen LogP contribution is -2.37. The number of nitrogens with zero attached hydrogens (tertiary/aromatic N) is 1. The molecule has 1 atom stereocenters. The van der Waals surface area contributed by atoms with Crippen LogP contribution in [0.3, 0.4) is 0 Å². The molecule has 6 heteroatoms. The molecule has 0 saturated carbocycles. The van der Waals surface area contributed by atoms with Gasteiger partial charge in [0.2, 0.25) is 0 Å². The van der Waals surface area contributed by atoms with Crippen molar-refractivity contribution in [2.45, 2.75) is 18.9 Å². The zero-order chi connectivity index (χ0) is 13.2. The van der Waals surface area contributed by atoms with Gasteiger partial charge in [0.05, 0.1) is 11.5 Å². The number of nitro groups is 1. The fourth-order valence-electron chi connectivity index (χ4n) is 1.97. The summed E-state index contributed by atoms with van der Waals surface area (Å²) < 4.78 is 5.14. The van der Waals surface area contributed by atoms with Gasteiger partial charge in [-0.25, -0.2) is 0 Å². The van der Waals surface area contributed by atoms with E-state index in [1.54, 1.807) is 19.1 Å². The first-order chi connectivity index (χ1) is 8.50. The van der Waals surface area contributed by atoms with Crippen molar-refractivity contribution in [3.05, 3.63) is 33.9 Å². The minimum Gasteiger partial charge on any atom is -0.386 e. The van der Waals surface area contributed by atoms with Gasteiger partial charge in [-0.05, 0) is 19.1 Å². The Morgan fingerprint density at radius 2 is 2.39 bits per heavy atom. The lowest BCUT2D eigenvalue weighted by molar-refractivity contribution is -0.385. The standard InChI is InChI=1S/C12H16N2O4/c1-9-6-10(2-3-11(9)14(16)17)13-7-12(15)4-5-18-8-12/h2-3,6,13,15H,4-5,7-8H2,1H3. The first kappa shape index (κ1) is 12.8. The van der Waals surface area contributed by atoms with E-state index in [4.69, 9.17) is 4.74 Å². The van der Waals surface area contributed by atoms with E-state index < -0.39 is 10.5 Å². The molecule has 6 nitrogen and oxygen atoms in total. The molecule has 1 heterocycles. The molecule has 1 saturated heterocycles. The van der Waals surface area contributed by atoms with Crippen molar-refractivity contribution < 1.29 is 14.8 Å². The van der Waals surface area contributed by atoms with Gasteiger partial charge in [0.1, 0.15) is 5.60 Å². The Bertz CT molecular complexity index is 455. The molecule has 1 aromatic carbocycles. The molecule has 0 bridgehead atoms. The van der Waals surface area contributed by atoms with Crippen LogP contribution in [0.25, 0.3) is 0 Å². The van der Waals surface area contributed by atoms with E-state index in [0.29, 0.717) is 31.7 Å². The Hall–Kier alpha value is -1.66. The van der Waals surface area contributed by atoms with Gasteiger partial charge >= 0.3 is 0 Å². The molecule has 18 heavy (non-hydrogen) atoms. The second-order valence-electron chi connectivity index (χ2n) is 4.64. The van der Waals surface area contributed by atoms with Crippen molar-refractivity contribution in [2.75, 3.05) is 25.1 Å². The largest absolute Gasteiger partial charge is 0.386 e. The Labute approximate surface area is 105 Å². The minimum absolute atomic E-state index is 0.100. The number of rotatable bonds is 4. The van der Waals surface area contributed by atoms with E-state index in [1.165, 1.54) is 6.07 Å². The summed E-state index contributed by atoms with van der Waals surface area (Å²) >= 11 is 0. The van der Waals surface area contributed by atoms with E-state index >= 15 is 0 Å². The molecule has 0 aromatic heterocycles. The summed E-state index contributed by atoms with van der Waals surface area (Å²) in [6.07, 6.45) is 0.603. The maximum atomic E-state index is 10.7. The molecule has 1 aliphatic heterocycles. The van der Waals surface area contributed by atoms with Gasteiger partial charge in [-0.2, -0.15) is 0 Å². The lowest BCUT2D eigenvalue weighted by atomic mass is 10.0. The second-order valence-corrected chi connectivity index (χ2v) is 4.64. The summed E-state index contributed by atoms with van der Waals surface area (Å²) in [4.78, 5) is 10.3. The number of hydrogen-bond acceptors (Lipinski definition) is 5. The molecular formula is C12H16N2O4. The molecule has 0 radical (unpaired) electrons. The predicted octanol–water partition coefficient (Wildman–Crippen LogP) is 1.47. The van der Waals surface area contributed by atoms with E-state index in [1.807, 2.05) is 0 Å². The van der Waals surface area contributed by atoms with E-state index in [2.05, 4.69) is 5.32 Å². The molecule has 1 aliphatic rings. The number of nitrogens with one attached hydrogen (secondary N) is 1. The van der Waals surface area contributed by atoms with E-state index in [-0.39, 0.29) is 5.69 Å². The Morgan fingerprint density at radius 3 is 2.94 bits per heavy atom. The molecular weight excluding hydrogens is 236 g/mol. The highest BCUT2D eigenvalue weighted by molar-refractivity contribution is 5.53. The summed E-state index contributed by atoms with van der Waals surface area (Å²) in [5, 5.41) is 23.8. The number of ether oxygens (including phenoxy) is 1. The van der Waals surface area contributed by atoms with Gasteiger partial charge in [-0.1, -0.05) is 0 Å². The predicted molar refractivity (Wildman–Crippen MR) is 66.7 cm³/mol. The zero-order valence-corrected chi connectivity index (χ0v) is 10.2. The van der Waals surface area contributed by atoms with Crippen LogP contribution in [0.2, 0.25) is 0 Å². The average Bonchev–Trinajstić information content (AvgIpc) is 2.74. The third-order valence-electron chi connectivity index (χ3n) is 3.10. The van der Waals surface area contributed by atoms with Crippen LogP contribution in [0.4, 0.5) is 11.4 Å². The van der Waals surface area contributed by atoms with Gasteiger partial charge in [-0.15, -0.1) is 0 Å². The van der Waals surface area contributed by atoms with Gasteiger partial charge in [0.25, 0.3) is 5.69 Å². The number of aryl methyl sites for hydroxylation is 1. The topological polar surface area (TPSA) is 84.6 Å². The summed E-state index contributed by atoms with van der Waals surface area (Å²) in [6.45, 7) is 2.96. The summed E-state index contributed by atoms with van der Waals surface area (Å²) in [7, 11) is 0. The highest BCUT2D eigenvalue weighted by Gasteiger charge is 2.31. The Kier molecular flexibility index (Phi) is 3.49. The molecule has 1 unspecified atom stereocenters. The molecule has 0 spiro atoms. The van der Waals surface area contributed by atoms with Gasteiger partial charge in [0, 0.05) is 36.9 Å².